The molecule has 0 fully saturated rings. The van der Waals surface area contributed by atoms with Gasteiger partial charge in [-0.15, -0.1) is 0 Å². The molecule has 2 spiro atoms. The largest absolute Gasteiger partial charge is 0.254 e. The zero-order chi connectivity index (χ0) is 32.9. The molecule has 0 saturated carbocycles. The van der Waals surface area contributed by atoms with Crippen LogP contribution in [0.25, 0.3) is 44.8 Å². The number of fused-ring (bicyclic) bond motifs is 20. The van der Waals surface area contributed by atoms with E-state index >= 15 is 0 Å². The van der Waals surface area contributed by atoms with Gasteiger partial charge < -0.3 is 0 Å². The second-order valence-corrected chi connectivity index (χ2v) is 13.6. The fraction of sp³-hybridized carbons (Fsp3) is 0.0417. The Balaban J connectivity index is 0.000000120. The van der Waals surface area contributed by atoms with Crippen LogP contribution in [-0.2, 0) is 10.8 Å². The highest BCUT2D eigenvalue weighted by Crippen LogP contribution is 2.63. The van der Waals surface area contributed by atoms with Gasteiger partial charge in [-0.05, 0) is 90.0 Å². The second-order valence-electron chi connectivity index (χ2n) is 13.6. The first-order chi connectivity index (χ1) is 24.8. The highest BCUT2D eigenvalue weighted by molar-refractivity contribution is 5.95. The van der Waals surface area contributed by atoms with Gasteiger partial charge in [0.05, 0.1) is 22.2 Å². The van der Waals surface area contributed by atoms with E-state index < -0.39 is 0 Å². The summed E-state index contributed by atoms with van der Waals surface area (Å²) in [5.41, 5.74) is 20.4. The minimum atomic E-state index is -0.305. The van der Waals surface area contributed by atoms with E-state index in [-0.39, 0.29) is 10.8 Å². The summed E-state index contributed by atoms with van der Waals surface area (Å²) < 4.78 is 0. The minimum absolute atomic E-state index is 0.180. The van der Waals surface area contributed by atoms with E-state index in [1.165, 1.54) is 77.9 Å². The first-order valence-corrected chi connectivity index (χ1v) is 17.3. The van der Waals surface area contributed by atoms with E-state index in [2.05, 4.69) is 158 Å². The summed E-state index contributed by atoms with van der Waals surface area (Å²) in [7, 11) is 0. The van der Waals surface area contributed by atoms with Crippen LogP contribution >= 0.6 is 0 Å². The van der Waals surface area contributed by atoms with Gasteiger partial charge in [-0.25, -0.2) is 0 Å². The molecule has 0 amide bonds. The van der Waals surface area contributed by atoms with E-state index in [0.717, 1.165) is 11.4 Å². The number of pyridine rings is 2. The van der Waals surface area contributed by atoms with Crippen molar-refractivity contribution < 1.29 is 0 Å². The van der Waals surface area contributed by atoms with Crippen LogP contribution in [0.4, 0.5) is 0 Å². The third-order valence-electron chi connectivity index (χ3n) is 11.5. The van der Waals surface area contributed by atoms with Crippen LogP contribution < -0.4 is 0 Å². The van der Waals surface area contributed by atoms with Crippen LogP contribution in [0.3, 0.4) is 0 Å². The van der Waals surface area contributed by atoms with Crippen molar-refractivity contribution in [3.63, 3.8) is 0 Å². The Labute approximate surface area is 291 Å². The number of rotatable bonds is 0. The number of hydrogen-bond acceptors (Lipinski definition) is 2. The minimum Gasteiger partial charge on any atom is -0.254 e. The summed E-state index contributed by atoms with van der Waals surface area (Å²) in [4.78, 5) is 9.41. The molecular weight excluding hydrogens is 605 g/mol. The lowest BCUT2D eigenvalue weighted by atomic mass is 9.70. The maximum absolute atomic E-state index is 4.70. The molecule has 2 heterocycles. The number of nitrogens with zero attached hydrogens (tertiary/aromatic N) is 2. The van der Waals surface area contributed by atoms with Crippen molar-refractivity contribution in [2.75, 3.05) is 0 Å². The molecule has 4 aliphatic carbocycles. The summed E-state index contributed by atoms with van der Waals surface area (Å²) in [6, 6.07) is 61.6. The lowest BCUT2D eigenvalue weighted by Gasteiger charge is -2.30. The van der Waals surface area contributed by atoms with Crippen LogP contribution in [-0.4, -0.2) is 9.97 Å². The molecule has 8 aromatic rings. The Bertz CT molecular complexity index is 2120. The van der Waals surface area contributed by atoms with Crippen molar-refractivity contribution in [3.05, 3.63) is 227 Å². The molecule has 2 heteroatoms. The summed E-state index contributed by atoms with van der Waals surface area (Å²) in [5.74, 6) is 0. The topological polar surface area (TPSA) is 25.8 Å². The van der Waals surface area contributed by atoms with Gasteiger partial charge >= 0.3 is 0 Å². The molecule has 0 saturated heterocycles. The Morgan fingerprint density at radius 2 is 0.460 bits per heavy atom. The smallest absolute Gasteiger partial charge is 0.0937 e. The highest BCUT2D eigenvalue weighted by Gasteiger charge is 2.53. The van der Waals surface area contributed by atoms with Crippen molar-refractivity contribution in [2.24, 2.45) is 0 Å². The van der Waals surface area contributed by atoms with E-state index in [9.17, 15) is 0 Å². The van der Waals surface area contributed by atoms with Crippen LogP contribution in [0.1, 0.15) is 44.5 Å². The van der Waals surface area contributed by atoms with E-state index in [1.807, 2.05) is 24.5 Å². The molecule has 6 aromatic carbocycles. The van der Waals surface area contributed by atoms with Crippen LogP contribution in [0.5, 0.6) is 0 Å². The fourth-order valence-corrected chi connectivity index (χ4v) is 9.80. The first-order valence-electron chi connectivity index (χ1n) is 17.3. The Morgan fingerprint density at radius 3 is 0.740 bits per heavy atom. The zero-order valence-corrected chi connectivity index (χ0v) is 27.2. The molecule has 0 unspecified atom stereocenters. The fourth-order valence-electron chi connectivity index (χ4n) is 9.80. The number of hydrogen-bond donors (Lipinski definition) is 0. The van der Waals surface area contributed by atoms with Crippen molar-refractivity contribution in [2.45, 2.75) is 10.8 Å². The molecule has 0 atom stereocenters. The monoisotopic (exact) mass is 634 g/mol. The average molecular weight is 635 g/mol. The molecule has 232 valence electrons. The van der Waals surface area contributed by atoms with E-state index in [1.54, 1.807) is 0 Å². The molecule has 2 aromatic heterocycles. The second kappa shape index (κ2) is 10.1. The number of benzene rings is 6. The summed E-state index contributed by atoms with van der Waals surface area (Å²) in [5, 5.41) is 0. The highest BCUT2D eigenvalue weighted by atomic mass is 14.8. The maximum Gasteiger partial charge on any atom is 0.0937 e. The standard InChI is InChI=1S/C25H16.C23H14N2/c1-5-13-21-17(9-1)18-10-2-6-14-22(18)25(21)23-15-7-3-11-19(23)20-12-4-8-16-24(20)25;1-3-9-17-15(7-1)16-8-2-4-10-18(16)23(17)19-11-5-13-24-21(19)22-20(23)12-6-14-25-22/h1-16H;1-14H. The van der Waals surface area contributed by atoms with Crippen LogP contribution in [0.2, 0.25) is 0 Å². The Kier molecular flexibility index (Phi) is 5.55. The lowest BCUT2D eigenvalue weighted by molar-refractivity contribution is 0.789. The molecular formula is C48H30N2. The van der Waals surface area contributed by atoms with Gasteiger partial charge in [0.25, 0.3) is 0 Å². The van der Waals surface area contributed by atoms with Crippen molar-refractivity contribution in [1.82, 2.24) is 9.97 Å². The molecule has 50 heavy (non-hydrogen) atoms. The van der Waals surface area contributed by atoms with Gasteiger partial charge in [-0.1, -0.05) is 158 Å². The van der Waals surface area contributed by atoms with Crippen molar-refractivity contribution in [1.29, 1.82) is 0 Å². The lowest BCUT2D eigenvalue weighted by Crippen LogP contribution is -2.25. The van der Waals surface area contributed by atoms with Crippen molar-refractivity contribution >= 4 is 0 Å². The Hall–Kier alpha value is -6.38. The Morgan fingerprint density at radius 1 is 0.240 bits per heavy atom. The molecule has 0 N–H and O–H groups in total. The van der Waals surface area contributed by atoms with Gasteiger partial charge in [0, 0.05) is 12.4 Å². The third kappa shape index (κ3) is 3.24. The molecule has 0 radical (unpaired) electrons. The normalized spacial score (nSPS) is 14.7. The summed E-state index contributed by atoms with van der Waals surface area (Å²) >= 11 is 0. The van der Waals surface area contributed by atoms with Gasteiger partial charge in [0.2, 0.25) is 0 Å². The molecule has 2 nitrogen and oxygen atoms in total. The van der Waals surface area contributed by atoms with Crippen LogP contribution in [0, 0.1) is 0 Å². The predicted octanol–water partition coefficient (Wildman–Crippen LogP) is 10.9. The van der Waals surface area contributed by atoms with Gasteiger partial charge in [-0.2, -0.15) is 0 Å². The van der Waals surface area contributed by atoms with Crippen molar-refractivity contribution in [3.8, 4) is 44.8 Å². The molecule has 4 aliphatic rings. The molecule has 12 rings (SSSR count). The van der Waals surface area contributed by atoms with E-state index in [4.69, 9.17) is 9.97 Å². The average Bonchev–Trinajstić information content (AvgIpc) is 3.88. The van der Waals surface area contributed by atoms with Gasteiger partial charge in [0.1, 0.15) is 0 Å². The predicted molar refractivity (Wildman–Crippen MR) is 201 cm³/mol. The summed E-state index contributed by atoms with van der Waals surface area (Å²) in [6.45, 7) is 0. The van der Waals surface area contributed by atoms with Gasteiger partial charge in [0.15, 0.2) is 0 Å². The number of aromatic nitrogens is 2. The quantitative estimate of drug-likeness (QED) is 0.166. The van der Waals surface area contributed by atoms with Crippen LogP contribution in [0.15, 0.2) is 182 Å². The molecule has 0 bridgehead atoms. The van der Waals surface area contributed by atoms with E-state index in [0.29, 0.717) is 0 Å². The molecule has 0 aliphatic heterocycles. The third-order valence-corrected chi connectivity index (χ3v) is 11.5. The summed E-state index contributed by atoms with van der Waals surface area (Å²) in [6.07, 6.45) is 3.73. The van der Waals surface area contributed by atoms with Gasteiger partial charge in [-0.3, -0.25) is 9.97 Å². The SMILES string of the molecule is c1ccc2c(c1)-c1ccccc1C21c2ccccc2-c2ccccc21.c1ccc2c(c1)-c1ccccc1C21c2cccnc2-c2ncccc21. The zero-order valence-electron chi connectivity index (χ0n) is 27.2. The maximum atomic E-state index is 4.70. The first kappa shape index (κ1) is 27.6.